The number of anilines is 1. The van der Waals surface area contributed by atoms with Gasteiger partial charge in [-0.2, -0.15) is 0 Å². The molecule has 0 spiro atoms. The molecule has 2 saturated carbocycles. The average molecular weight is 292 g/mol. The van der Waals surface area contributed by atoms with Gasteiger partial charge in [-0.3, -0.25) is 4.79 Å². The number of nitrogens with one attached hydrogen (secondary N) is 1. The number of benzene rings is 1. The molecule has 2 aliphatic carbocycles. The lowest BCUT2D eigenvalue weighted by Crippen LogP contribution is -2.42. The van der Waals surface area contributed by atoms with Crippen LogP contribution in [0.3, 0.4) is 0 Å². The fourth-order valence-electron chi connectivity index (χ4n) is 3.82. The topological polar surface area (TPSA) is 64.3 Å². The second kappa shape index (κ2) is 5.64. The largest absolute Gasteiger partial charge is 0.492 e. The summed E-state index contributed by atoms with van der Waals surface area (Å²) in [5.74, 6) is 0.646. The van der Waals surface area contributed by atoms with Crippen molar-refractivity contribution in [2.24, 2.45) is 23.5 Å². The Morgan fingerprint density at radius 3 is 2.86 bits per heavy atom. The summed E-state index contributed by atoms with van der Waals surface area (Å²) in [6, 6.07) is 4.09. The average Bonchev–Trinajstić information content (AvgIpc) is 3.02. The summed E-state index contributed by atoms with van der Waals surface area (Å²) < 4.78 is 18.7. The summed E-state index contributed by atoms with van der Waals surface area (Å²) in [7, 11) is 0. The van der Waals surface area contributed by atoms with Gasteiger partial charge >= 0.3 is 0 Å². The van der Waals surface area contributed by atoms with Gasteiger partial charge in [0, 0.05) is 12.1 Å². The number of carbonyl (C=O) groups is 1. The minimum absolute atomic E-state index is 0.0558. The molecule has 4 unspecified atom stereocenters. The SMILES string of the molecule is CCOc1cc(F)ccc1NC(=O)C1C2CCC(C2)C1N. The smallest absolute Gasteiger partial charge is 0.229 e. The standard InChI is InChI=1S/C16H21FN2O2/c1-2-21-13-8-11(17)5-6-12(13)19-16(20)14-9-3-4-10(7-9)15(14)18/h5-6,8-10,14-15H,2-4,7,18H2,1H3,(H,19,20). The van der Waals surface area contributed by atoms with Gasteiger partial charge in [-0.15, -0.1) is 0 Å². The molecular weight excluding hydrogens is 271 g/mol. The van der Waals surface area contributed by atoms with E-state index in [-0.39, 0.29) is 23.7 Å². The third kappa shape index (κ3) is 2.62. The van der Waals surface area contributed by atoms with Crippen molar-refractivity contribution in [1.29, 1.82) is 0 Å². The van der Waals surface area contributed by atoms with Crippen molar-refractivity contribution in [3.63, 3.8) is 0 Å². The van der Waals surface area contributed by atoms with Gasteiger partial charge < -0.3 is 15.8 Å². The van der Waals surface area contributed by atoms with Gasteiger partial charge in [-0.25, -0.2) is 4.39 Å². The maximum absolute atomic E-state index is 13.3. The molecule has 0 saturated heterocycles. The monoisotopic (exact) mass is 292 g/mol. The van der Waals surface area contributed by atoms with Gasteiger partial charge in [-0.1, -0.05) is 0 Å². The van der Waals surface area contributed by atoms with E-state index < -0.39 is 0 Å². The van der Waals surface area contributed by atoms with Crippen molar-refractivity contribution in [1.82, 2.24) is 0 Å². The number of nitrogens with two attached hydrogens (primary N) is 1. The molecule has 1 aromatic rings. The molecule has 3 N–H and O–H groups in total. The third-order valence-corrected chi connectivity index (χ3v) is 4.78. The van der Waals surface area contributed by atoms with Crippen molar-refractivity contribution in [3.8, 4) is 5.75 Å². The van der Waals surface area contributed by atoms with E-state index in [1.807, 2.05) is 6.92 Å². The van der Waals surface area contributed by atoms with Gasteiger partial charge in [0.05, 0.1) is 18.2 Å². The maximum atomic E-state index is 13.3. The molecule has 0 aliphatic heterocycles. The van der Waals surface area contributed by atoms with Crippen molar-refractivity contribution in [3.05, 3.63) is 24.0 Å². The Bertz CT molecular complexity index is 547. The van der Waals surface area contributed by atoms with E-state index in [1.54, 1.807) is 0 Å². The Kier molecular flexibility index (Phi) is 3.85. The molecule has 1 aromatic carbocycles. The van der Waals surface area contributed by atoms with Crippen LogP contribution in [0.25, 0.3) is 0 Å². The Hall–Kier alpha value is -1.62. The lowest BCUT2D eigenvalue weighted by Gasteiger charge is -2.27. The first-order valence-electron chi connectivity index (χ1n) is 7.59. The lowest BCUT2D eigenvalue weighted by molar-refractivity contribution is -0.121. The molecule has 2 fully saturated rings. The van der Waals surface area contributed by atoms with E-state index in [0.717, 1.165) is 19.3 Å². The number of rotatable bonds is 4. The van der Waals surface area contributed by atoms with Crippen LogP contribution in [0.4, 0.5) is 10.1 Å². The van der Waals surface area contributed by atoms with Crippen LogP contribution in [0.15, 0.2) is 18.2 Å². The quantitative estimate of drug-likeness (QED) is 0.896. The van der Waals surface area contributed by atoms with Gasteiger partial charge in [0.15, 0.2) is 0 Å². The van der Waals surface area contributed by atoms with Crippen LogP contribution in [0.1, 0.15) is 26.2 Å². The van der Waals surface area contributed by atoms with E-state index in [4.69, 9.17) is 10.5 Å². The zero-order valence-corrected chi connectivity index (χ0v) is 12.1. The molecular formula is C16H21FN2O2. The number of hydrogen-bond acceptors (Lipinski definition) is 3. The Labute approximate surface area is 123 Å². The molecule has 0 radical (unpaired) electrons. The molecule has 5 heteroatoms. The normalized spacial score (nSPS) is 30.4. The number of ether oxygens (including phenoxy) is 1. The van der Waals surface area contributed by atoms with E-state index in [9.17, 15) is 9.18 Å². The second-order valence-corrected chi connectivity index (χ2v) is 6.00. The predicted molar refractivity (Wildman–Crippen MR) is 78.5 cm³/mol. The van der Waals surface area contributed by atoms with Crippen molar-refractivity contribution in [2.45, 2.75) is 32.2 Å². The van der Waals surface area contributed by atoms with Crippen LogP contribution < -0.4 is 15.8 Å². The van der Waals surface area contributed by atoms with E-state index in [0.29, 0.717) is 29.9 Å². The first-order valence-corrected chi connectivity index (χ1v) is 7.59. The fourth-order valence-corrected chi connectivity index (χ4v) is 3.82. The van der Waals surface area contributed by atoms with Crippen LogP contribution in [0.5, 0.6) is 5.75 Å². The Morgan fingerprint density at radius 1 is 1.43 bits per heavy atom. The van der Waals surface area contributed by atoms with Gasteiger partial charge in [0.1, 0.15) is 11.6 Å². The van der Waals surface area contributed by atoms with Crippen LogP contribution in [-0.4, -0.2) is 18.6 Å². The highest BCUT2D eigenvalue weighted by atomic mass is 19.1. The highest BCUT2D eigenvalue weighted by Gasteiger charge is 2.49. The number of fused-ring (bicyclic) bond motifs is 2. The molecule has 4 atom stereocenters. The van der Waals surface area contributed by atoms with Crippen LogP contribution in [-0.2, 0) is 4.79 Å². The molecule has 3 rings (SSSR count). The number of hydrogen-bond donors (Lipinski definition) is 2. The van der Waals surface area contributed by atoms with Crippen LogP contribution in [0.2, 0.25) is 0 Å². The number of amides is 1. The van der Waals surface area contributed by atoms with Crippen LogP contribution in [0, 0.1) is 23.6 Å². The zero-order valence-electron chi connectivity index (χ0n) is 12.1. The summed E-state index contributed by atoms with van der Waals surface area (Å²) in [5.41, 5.74) is 6.70. The molecule has 2 aliphatic rings. The summed E-state index contributed by atoms with van der Waals surface area (Å²) >= 11 is 0. The number of carbonyl (C=O) groups excluding carboxylic acids is 1. The molecule has 2 bridgehead atoms. The minimum Gasteiger partial charge on any atom is -0.492 e. The van der Waals surface area contributed by atoms with Gasteiger partial charge in [-0.05, 0) is 50.2 Å². The van der Waals surface area contributed by atoms with Gasteiger partial charge in [0.2, 0.25) is 5.91 Å². The highest BCUT2D eigenvalue weighted by Crippen LogP contribution is 2.48. The lowest BCUT2D eigenvalue weighted by atomic mass is 9.84. The highest BCUT2D eigenvalue weighted by molar-refractivity contribution is 5.95. The minimum atomic E-state index is -0.381. The van der Waals surface area contributed by atoms with Gasteiger partial charge in [0.25, 0.3) is 0 Å². The molecule has 114 valence electrons. The van der Waals surface area contributed by atoms with E-state index >= 15 is 0 Å². The van der Waals surface area contributed by atoms with Crippen LogP contribution >= 0.6 is 0 Å². The fraction of sp³-hybridized carbons (Fsp3) is 0.562. The van der Waals surface area contributed by atoms with Crippen molar-refractivity contribution in [2.75, 3.05) is 11.9 Å². The summed E-state index contributed by atoms with van der Waals surface area (Å²) in [5, 5.41) is 2.87. The molecule has 0 heterocycles. The van der Waals surface area contributed by atoms with Crippen molar-refractivity contribution >= 4 is 11.6 Å². The second-order valence-electron chi connectivity index (χ2n) is 6.00. The van der Waals surface area contributed by atoms with E-state index in [2.05, 4.69) is 5.32 Å². The summed E-state index contributed by atoms with van der Waals surface area (Å²) in [4.78, 5) is 12.5. The first kappa shape index (κ1) is 14.3. The molecule has 4 nitrogen and oxygen atoms in total. The van der Waals surface area contributed by atoms with Crippen molar-refractivity contribution < 1.29 is 13.9 Å². The number of halogens is 1. The predicted octanol–water partition coefficient (Wildman–Crippen LogP) is 2.54. The first-order chi connectivity index (χ1) is 10.1. The summed E-state index contributed by atoms with van der Waals surface area (Å²) in [6.45, 7) is 2.24. The molecule has 1 amide bonds. The summed E-state index contributed by atoms with van der Waals surface area (Å²) in [6.07, 6.45) is 3.27. The molecule has 21 heavy (non-hydrogen) atoms. The Balaban J connectivity index is 1.76. The maximum Gasteiger partial charge on any atom is 0.229 e. The Morgan fingerprint density at radius 2 is 2.19 bits per heavy atom. The molecule has 0 aromatic heterocycles. The third-order valence-electron chi connectivity index (χ3n) is 4.78. The van der Waals surface area contributed by atoms with E-state index in [1.165, 1.54) is 18.2 Å². The zero-order chi connectivity index (χ0) is 15.0.